The van der Waals surface area contributed by atoms with Gasteiger partial charge < -0.3 is 25.2 Å². The number of rotatable bonds is 8. The normalized spacial score (nSPS) is 18.4. The number of hydrogen-bond acceptors (Lipinski definition) is 8. The maximum Gasteiger partial charge on any atom is 0.419 e. The summed E-state index contributed by atoms with van der Waals surface area (Å²) in [4.78, 5) is 21.6. The number of halogens is 3. The number of nitrogens with one attached hydrogen (secondary N) is 2. The van der Waals surface area contributed by atoms with E-state index in [1.165, 1.54) is 6.07 Å². The van der Waals surface area contributed by atoms with Gasteiger partial charge in [-0.3, -0.25) is 4.79 Å². The Balaban J connectivity index is 1.41. The molecular weight excluding hydrogens is 477 g/mol. The molecule has 0 radical (unpaired) electrons. The first-order valence-electron chi connectivity index (χ1n) is 12.3. The molecule has 2 aromatic heterocycles. The van der Waals surface area contributed by atoms with Gasteiger partial charge in [-0.25, -0.2) is 4.98 Å². The van der Waals surface area contributed by atoms with Crippen molar-refractivity contribution in [1.82, 2.24) is 29.8 Å². The van der Waals surface area contributed by atoms with Crippen LogP contribution in [0.2, 0.25) is 0 Å². The monoisotopic (exact) mass is 510 g/mol. The molecule has 2 aliphatic rings. The number of aryl methyl sites for hydroxylation is 1. The third-order valence-corrected chi connectivity index (χ3v) is 6.48. The molecule has 0 bridgehead atoms. The van der Waals surface area contributed by atoms with Crippen LogP contribution in [-0.2, 0) is 15.7 Å². The second kappa shape index (κ2) is 11.4. The largest absolute Gasteiger partial charge is 0.419 e. The molecule has 4 rings (SSSR count). The van der Waals surface area contributed by atoms with Gasteiger partial charge in [0.2, 0.25) is 5.91 Å². The van der Waals surface area contributed by atoms with Gasteiger partial charge in [-0.05, 0) is 52.7 Å². The molecule has 0 aromatic carbocycles. The Morgan fingerprint density at radius 2 is 1.97 bits per heavy atom. The fourth-order valence-corrected chi connectivity index (χ4v) is 4.38. The number of hydrogen-bond donors (Lipinski definition) is 2. The number of likely N-dealkylation sites (tertiary alicyclic amines) is 1. The molecule has 0 unspecified atom stereocenters. The minimum atomic E-state index is -4.56. The van der Waals surface area contributed by atoms with Crippen molar-refractivity contribution in [3.05, 3.63) is 23.5 Å². The van der Waals surface area contributed by atoms with Crippen LogP contribution in [0.25, 0.3) is 0 Å². The predicted molar refractivity (Wildman–Crippen MR) is 128 cm³/mol. The highest BCUT2D eigenvalue weighted by Gasteiger charge is 2.34. The Morgan fingerprint density at radius 1 is 1.19 bits per heavy atom. The van der Waals surface area contributed by atoms with Gasteiger partial charge in [-0.15, -0.1) is 5.10 Å². The number of alkyl halides is 3. The third kappa shape index (κ3) is 6.64. The lowest BCUT2D eigenvalue weighted by Gasteiger charge is -2.28. The summed E-state index contributed by atoms with van der Waals surface area (Å²) in [5.41, 5.74) is -0.277. The number of aromatic nitrogens is 4. The van der Waals surface area contributed by atoms with E-state index in [0.717, 1.165) is 38.5 Å². The Morgan fingerprint density at radius 3 is 2.72 bits per heavy atom. The fraction of sp³-hybridized carbons (Fsp3) is 0.652. The molecule has 2 aliphatic heterocycles. The number of nitrogens with zero attached hydrogens (tertiary/aromatic N) is 6. The van der Waals surface area contributed by atoms with E-state index in [-0.39, 0.29) is 36.6 Å². The number of anilines is 3. The van der Waals surface area contributed by atoms with Crippen LogP contribution in [0.3, 0.4) is 0 Å². The van der Waals surface area contributed by atoms with Gasteiger partial charge in [0.15, 0.2) is 5.82 Å². The quantitative estimate of drug-likeness (QED) is 0.523. The van der Waals surface area contributed by atoms with E-state index in [1.54, 1.807) is 16.6 Å². The molecule has 2 fully saturated rings. The van der Waals surface area contributed by atoms with Crippen LogP contribution in [0.15, 0.2) is 12.3 Å². The SMILES string of the molecule is Cc1nn(C2CCN(C)CC2)nc1Nc1cc(NCCCN2CCCOCC2=O)c(C(F)(F)F)cn1. The van der Waals surface area contributed by atoms with Gasteiger partial charge in [-0.1, -0.05) is 0 Å². The summed E-state index contributed by atoms with van der Waals surface area (Å²) in [6.07, 6.45) is -0.619. The van der Waals surface area contributed by atoms with Gasteiger partial charge >= 0.3 is 6.18 Å². The van der Waals surface area contributed by atoms with E-state index in [4.69, 9.17) is 4.74 Å². The third-order valence-electron chi connectivity index (χ3n) is 6.48. The molecule has 2 aromatic rings. The van der Waals surface area contributed by atoms with E-state index in [0.29, 0.717) is 37.6 Å². The number of pyridine rings is 1. The standard InChI is InChI=1S/C23H33F3N8O2/c1-16-22(31-34(30-16)17-5-10-32(2)11-6-17)29-20-13-19(18(14-28-20)23(24,25)26)27-7-3-8-33-9-4-12-36-15-21(33)35/h13-14,17H,3-12,15H2,1-2H3,(H2,27,28,29,31). The maximum atomic E-state index is 13.6. The van der Waals surface area contributed by atoms with Crippen molar-refractivity contribution in [3.8, 4) is 0 Å². The van der Waals surface area contributed by atoms with E-state index in [2.05, 4.69) is 37.8 Å². The number of piperidine rings is 1. The topological polar surface area (TPSA) is 100 Å². The molecule has 2 N–H and O–H groups in total. The van der Waals surface area contributed by atoms with Crippen molar-refractivity contribution < 1.29 is 22.7 Å². The maximum absolute atomic E-state index is 13.6. The lowest BCUT2D eigenvalue weighted by atomic mass is 10.1. The number of ether oxygens (including phenoxy) is 1. The van der Waals surface area contributed by atoms with E-state index >= 15 is 0 Å². The molecule has 0 saturated carbocycles. The molecule has 1 amide bonds. The molecular formula is C23H33F3N8O2. The van der Waals surface area contributed by atoms with Gasteiger partial charge in [0.05, 0.1) is 17.3 Å². The average molecular weight is 511 g/mol. The Kier molecular flexibility index (Phi) is 8.29. The molecule has 10 nitrogen and oxygen atoms in total. The van der Waals surface area contributed by atoms with Crippen LogP contribution in [0.5, 0.6) is 0 Å². The van der Waals surface area contributed by atoms with Crippen molar-refractivity contribution in [3.63, 3.8) is 0 Å². The van der Waals surface area contributed by atoms with Crippen LogP contribution in [0.1, 0.15) is 43.0 Å². The number of carbonyl (C=O) groups is 1. The summed E-state index contributed by atoms with van der Waals surface area (Å²) in [5.74, 6) is 0.612. The van der Waals surface area contributed by atoms with Gasteiger partial charge in [0.1, 0.15) is 18.1 Å². The predicted octanol–water partition coefficient (Wildman–Crippen LogP) is 3.06. The van der Waals surface area contributed by atoms with E-state index < -0.39 is 11.7 Å². The summed E-state index contributed by atoms with van der Waals surface area (Å²) in [6, 6.07) is 1.53. The molecule has 0 aliphatic carbocycles. The van der Waals surface area contributed by atoms with Gasteiger partial charge in [-0.2, -0.15) is 23.1 Å². The van der Waals surface area contributed by atoms with Crippen molar-refractivity contribution in [2.24, 2.45) is 0 Å². The molecule has 0 atom stereocenters. The highest BCUT2D eigenvalue weighted by Crippen LogP contribution is 2.36. The zero-order valence-corrected chi connectivity index (χ0v) is 20.6. The summed E-state index contributed by atoms with van der Waals surface area (Å²) in [6.45, 7) is 5.62. The second-order valence-electron chi connectivity index (χ2n) is 9.29. The molecule has 2 saturated heterocycles. The first kappa shape index (κ1) is 26.1. The fourth-order valence-electron chi connectivity index (χ4n) is 4.38. The molecule has 13 heteroatoms. The first-order valence-corrected chi connectivity index (χ1v) is 12.3. The average Bonchev–Trinajstić information content (AvgIpc) is 3.06. The summed E-state index contributed by atoms with van der Waals surface area (Å²) < 4.78 is 46.0. The van der Waals surface area contributed by atoms with Crippen LogP contribution in [-0.4, -0.2) is 88.7 Å². The minimum Gasteiger partial charge on any atom is -0.384 e. The van der Waals surface area contributed by atoms with Crippen molar-refractivity contribution >= 4 is 23.2 Å². The second-order valence-corrected chi connectivity index (χ2v) is 9.29. The van der Waals surface area contributed by atoms with E-state index in [1.807, 2.05) is 0 Å². The Bertz CT molecular complexity index is 1040. The minimum absolute atomic E-state index is 0.0485. The highest BCUT2D eigenvalue weighted by atomic mass is 19.4. The lowest BCUT2D eigenvalue weighted by Crippen LogP contribution is -2.34. The number of amides is 1. The Labute approximate surface area is 208 Å². The van der Waals surface area contributed by atoms with Crippen molar-refractivity contribution in [2.45, 2.75) is 44.8 Å². The molecule has 0 spiro atoms. The molecule has 4 heterocycles. The van der Waals surface area contributed by atoms with Crippen LogP contribution >= 0.6 is 0 Å². The van der Waals surface area contributed by atoms with E-state index in [9.17, 15) is 18.0 Å². The zero-order chi connectivity index (χ0) is 25.7. The van der Waals surface area contributed by atoms with Gasteiger partial charge in [0.25, 0.3) is 0 Å². The van der Waals surface area contributed by atoms with Crippen LogP contribution in [0, 0.1) is 6.92 Å². The molecule has 36 heavy (non-hydrogen) atoms. The van der Waals surface area contributed by atoms with Gasteiger partial charge in [0, 0.05) is 38.5 Å². The smallest absolute Gasteiger partial charge is 0.384 e. The highest BCUT2D eigenvalue weighted by molar-refractivity contribution is 5.77. The summed E-state index contributed by atoms with van der Waals surface area (Å²) in [5, 5.41) is 15.0. The lowest BCUT2D eigenvalue weighted by molar-refractivity contribution is -0.137. The zero-order valence-electron chi connectivity index (χ0n) is 20.6. The van der Waals surface area contributed by atoms with Crippen LogP contribution in [0.4, 0.5) is 30.5 Å². The summed E-state index contributed by atoms with van der Waals surface area (Å²) in [7, 11) is 2.08. The summed E-state index contributed by atoms with van der Waals surface area (Å²) >= 11 is 0. The van der Waals surface area contributed by atoms with Crippen molar-refractivity contribution in [1.29, 1.82) is 0 Å². The molecule has 198 valence electrons. The Hall–Kier alpha value is -2.93. The van der Waals surface area contributed by atoms with Crippen LogP contribution < -0.4 is 10.6 Å². The first-order chi connectivity index (χ1) is 17.2. The van der Waals surface area contributed by atoms with Crippen molar-refractivity contribution in [2.75, 3.05) is 63.6 Å². The number of carbonyl (C=O) groups excluding carboxylic acids is 1.